The summed E-state index contributed by atoms with van der Waals surface area (Å²) in [6, 6.07) is 1.85. The van der Waals surface area contributed by atoms with Crippen LogP contribution in [0.2, 0.25) is 0 Å². The Morgan fingerprint density at radius 1 is 1.08 bits per heavy atom. The zero-order valence-corrected chi connectivity index (χ0v) is 15.5. The van der Waals surface area contributed by atoms with Crippen LogP contribution in [-0.4, -0.2) is 54.0 Å². The summed E-state index contributed by atoms with van der Waals surface area (Å²) < 4.78 is 18.5. The zero-order valence-electron chi connectivity index (χ0n) is 15.5. The predicted molar refractivity (Wildman–Crippen MR) is 99.5 cm³/mol. The largest absolute Gasteiger partial charge is 0.493 e. The van der Waals surface area contributed by atoms with E-state index in [4.69, 9.17) is 24.9 Å². The maximum Gasteiger partial charge on any atom is 0.205 e. The van der Waals surface area contributed by atoms with Crippen LogP contribution in [0.15, 0.2) is 6.07 Å². The van der Waals surface area contributed by atoms with E-state index in [9.17, 15) is 0 Å². The summed E-state index contributed by atoms with van der Waals surface area (Å²) in [6.07, 6.45) is 1.88. The predicted octanol–water partition coefficient (Wildman–Crippen LogP) is 1.76. The summed E-state index contributed by atoms with van der Waals surface area (Å²) in [7, 11) is 4.73. The Morgan fingerprint density at radius 2 is 1.85 bits per heavy atom. The fraction of sp³-hybridized carbons (Fsp3) is 0.471. The Balaban J connectivity index is 2.26. The van der Waals surface area contributed by atoms with Crippen molar-refractivity contribution < 1.29 is 14.2 Å². The molecule has 3 aromatic rings. The van der Waals surface area contributed by atoms with Gasteiger partial charge in [0.2, 0.25) is 11.4 Å². The molecule has 3 rings (SSSR count). The van der Waals surface area contributed by atoms with Gasteiger partial charge in [-0.3, -0.25) is 4.40 Å². The number of ether oxygens (including phenoxy) is 3. The number of fused-ring (bicyclic) bond motifs is 3. The van der Waals surface area contributed by atoms with Crippen molar-refractivity contribution in [2.45, 2.75) is 19.8 Å². The van der Waals surface area contributed by atoms with Gasteiger partial charge in [0, 0.05) is 12.6 Å². The Morgan fingerprint density at radius 3 is 2.50 bits per heavy atom. The monoisotopic (exact) mass is 360 g/mol. The first-order valence-electron chi connectivity index (χ1n) is 8.44. The Kier molecular flexibility index (Phi) is 5.27. The second kappa shape index (κ2) is 7.61. The van der Waals surface area contributed by atoms with Crippen LogP contribution in [0.4, 0.5) is 5.82 Å². The molecule has 3 N–H and O–H groups in total. The van der Waals surface area contributed by atoms with E-state index < -0.39 is 0 Å². The number of nitrogens with zero attached hydrogens (tertiary/aromatic N) is 4. The number of benzene rings is 1. The molecule has 0 saturated carbocycles. The molecule has 0 aliphatic carbocycles. The van der Waals surface area contributed by atoms with Crippen molar-refractivity contribution in [2.75, 3.05) is 39.7 Å². The van der Waals surface area contributed by atoms with Gasteiger partial charge in [-0.05, 0) is 26.3 Å². The molecular formula is C17H24N6O3. The van der Waals surface area contributed by atoms with Crippen molar-refractivity contribution in [1.29, 1.82) is 0 Å². The number of nitrogens with one attached hydrogen (secondary N) is 1. The molecule has 2 heterocycles. The minimum atomic E-state index is 0.495. The molecule has 0 spiro atoms. The van der Waals surface area contributed by atoms with E-state index in [1.54, 1.807) is 21.3 Å². The van der Waals surface area contributed by atoms with E-state index in [2.05, 4.69) is 15.5 Å². The Hall–Kier alpha value is -2.81. The fourth-order valence-corrected chi connectivity index (χ4v) is 2.97. The number of hydrogen-bond donors (Lipinski definition) is 2. The van der Waals surface area contributed by atoms with Crippen molar-refractivity contribution >= 4 is 22.5 Å². The number of nitrogens with two attached hydrogens (primary N) is 1. The SMILES string of the molecule is COc1cc2c(nc(NCCCCN)c3nnc(C)n32)c(OC)c1OC. The smallest absolute Gasteiger partial charge is 0.205 e. The molecule has 0 aliphatic heterocycles. The molecule has 0 atom stereocenters. The van der Waals surface area contributed by atoms with Crippen LogP contribution in [0.3, 0.4) is 0 Å². The second-order valence-electron chi connectivity index (χ2n) is 5.80. The maximum absolute atomic E-state index is 5.59. The highest BCUT2D eigenvalue weighted by Gasteiger charge is 2.22. The van der Waals surface area contributed by atoms with Gasteiger partial charge in [0.1, 0.15) is 11.3 Å². The minimum absolute atomic E-state index is 0.495. The van der Waals surface area contributed by atoms with E-state index in [0.29, 0.717) is 40.8 Å². The average Bonchev–Trinajstić information content (AvgIpc) is 3.05. The van der Waals surface area contributed by atoms with Crippen LogP contribution in [0, 0.1) is 6.92 Å². The number of hydrogen-bond acceptors (Lipinski definition) is 8. The highest BCUT2D eigenvalue weighted by Crippen LogP contribution is 2.43. The van der Waals surface area contributed by atoms with E-state index in [0.717, 1.165) is 30.7 Å². The molecular weight excluding hydrogens is 336 g/mol. The molecule has 0 unspecified atom stereocenters. The number of aryl methyl sites for hydroxylation is 1. The van der Waals surface area contributed by atoms with Gasteiger partial charge in [0.25, 0.3) is 0 Å². The van der Waals surface area contributed by atoms with Crippen LogP contribution in [0.1, 0.15) is 18.7 Å². The number of methoxy groups -OCH3 is 3. The summed E-state index contributed by atoms with van der Waals surface area (Å²) in [5.41, 5.74) is 7.63. The quantitative estimate of drug-likeness (QED) is 0.585. The molecule has 0 fully saturated rings. The summed E-state index contributed by atoms with van der Waals surface area (Å²) in [5.74, 6) is 2.93. The second-order valence-corrected chi connectivity index (χ2v) is 5.80. The lowest BCUT2D eigenvalue weighted by atomic mass is 10.2. The standard InChI is InChI=1S/C17H24N6O3/c1-10-21-22-17-16(19-8-6-5-7-18)20-13-11(23(10)17)9-12(24-2)14(25-3)15(13)26-4/h9H,5-8,18H2,1-4H3,(H,19,20). The summed E-state index contributed by atoms with van der Waals surface area (Å²) in [5, 5.41) is 11.8. The fourth-order valence-electron chi connectivity index (χ4n) is 2.97. The topological polar surface area (TPSA) is 109 Å². The normalized spacial score (nSPS) is 11.1. The van der Waals surface area contributed by atoms with Crippen LogP contribution in [-0.2, 0) is 0 Å². The summed E-state index contributed by atoms with van der Waals surface area (Å²) in [6.45, 7) is 3.30. The highest BCUT2D eigenvalue weighted by atomic mass is 16.5. The Labute approximate surface area is 151 Å². The molecule has 140 valence electrons. The van der Waals surface area contributed by atoms with E-state index >= 15 is 0 Å². The third-order valence-corrected chi connectivity index (χ3v) is 4.21. The van der Waals surface area contributed by atoms with Crippen molar-refractivity contribution in [2.24, 2.45) is 5.73 Å². The van der Waals surface area contributed by atoms with Gasteiger partial charge in [0.05, 0.1) is 26.8 Å². The van der Waals surface area contributed by atoms with E-state index in [1.165, 1.54) is 0 Å². The molecule has 26 heavy (non-hydrogen) atoms. The molecule has 0 saturated heterocycles. The van der Waals surface area contributed by atoms with E-state index in [1.807, 2.05) is 17.4 Å². The first-order valence-corrected chi connectivity index (χ1v) is 8.44. The van der Waals surface area contributed by atoms with Gasteiger partial charge < -0.3 is 25.3 Å². The number of unbranched alkanes of at least 4 members (excludes halogenated alkanes) is 1. The van der Waals surface area contributed by atoms with Crippen LogP contribution in [0.5, 0.6) is 17.2 Å². The van der Waals surface area contributed by atoms with Crippen LogP contribution >= 0.6 is 0 Å². The maximum atomic E-state index is 5.59. The number of aromatic nitrogens is 4. The highest BCUT2D eigenvalue weighted by molar-refractivity contribution is 5.91. The molecule has 2 aromatic heterocycles. The lowest BCUT2D eigenvalue weighted by Crippen LogP contribution is -2.09. The summed E-state index contributed by atoms with van der Waals surface area (Å²) in [4.78, 5) is 4.74. The molecule has 0 bridgehead atoms. The Bertz CT molecular complexity index is 924. The van der Waals surface area contributed by atoms with Gasteiger partial charge in [-0.2, -0.15) is 0 Å². The average molecular weight is 360 g/mol. The first-order chi connectivity index (χ1) is 12.7. The van der Waals surface area contributed by atoms with E-state index in [-0.39, 0.29) is 0 Å². The van der Waals surface area contributed by atoms with Gasteiger partial charge in [-0.15, -0.1) is 10.2 Å². The van der Waals surface area contributed by atoms with Crippen LogP contribution < -0.4 is 25.3 Å². The van der Waals surface area contributed by atoms with Gasteiger partial charge in [-0.25, -0.2) is 4.98 Å². The third-order valence-electron chi connectivity index (χ3n) is 4.21. The molecule has 0 amide bonds. The van der Waals surface area contributed by atoms with Gasteiger partial charge in [0.15, 0.2) is 17.3 Å². The van der Waals surface area contributed by atoms with Crippen molar-refractivity contribution in [3.8, 4) is 17.2 Å². The molecule has 0 radical (unpaired) electrons. The van der Waals surface area contributed by atoms with Crippen molar-refractivity contribution in [3.05, 3.63) is 11.9 Å². The van der Waals surface area contributed by atoms with Crippen molar-refractivity contribution in [3.63, 3.8) is 0 Å². The third kappa shape index (κ3) is 2.94. The van der Waals surface area contributed by atoms with Gasteiger partial charge in [-0.1, -0.05) is 0 Å². The number of rotatable bonds is 8. The van der Waals surface area contributed by atoms with Crippen molar-refractivity contribution in [1.82, 2.24) is 19.6 Å². The lowest BCUT2D eigenvalue weighted by Gasteiger charge is -2.16. The van der Waals surface area contributed by atoms with Crippen LogP contribution in [0.25, 0.3) is 16.7 Å². The number of anilines is 1. The molecule has 9 heteroatoms. The molecule has 0 aliphatic rings. The van der Waals surface area contributed by atoms with Gasteiger partial charge >= 0.3 is 0 Å². The molecule has 1 aromatic carbocycles. The zero-order chi connectivity index (χ0) is 18.7. The first kappa shape index (κ1) is 18.0. The molecule has 9 nitrogen and oxygen atoms in total. The minimum Gasteiger partial charge on any atom is -0.493 e. The summed E-state index contributed by atoms with van der Waals surface area (Å²) >= 11 is 0. The lowest BCUT2D eigenvalue weighted by molar-refractivity contribution is 0.326.